The average molecular weight is 390 g/mol. The van der Waals surface area contributed by atoms with E-state index < -0.39 is 0 Å². The molecule has 128 valence electrons. The molecule has 2 nitrogen and oxygen atoms in total. The summed E-state index contributed by atoms with van der Waals surface area (Å²) in [4.78, 5) is 1.49. The lowest BCUT2D eigenvalue weighted by molar-refractivity contribution is 1.52. The normalized spacial score (nSPS) is 11.5. The van der Waals surface area contributed by atoms with Crippen molar-refractivity contribution in [3.8, 4) is 12.1 Å². The Kier molecular flexibility index (Phi) is 3.08. The number of nitrogens with zero attached hydrogens (tertiary/aromatic N) is 2. The maximum Gasteiger partial charge on any atom is 0.110 e. The molecule has 0 aliphatic rings. The van der Waals surface area contributed by atoms with Crippen LogP contribution in [0.2, 0.25) is 0 Å². The van der Waals surface area contributed by atoms with Gasteiger partial charge in [0.25, 0.3) is 0 Å². The van der Waals surface area contributed by atoms with Crippen LogP contribution in [0.3, 0.4) is 0 Å². The first kappa shape index (κ1) is 15.6. The summed E-state index contributed by atoms with van der Waals surface area (Å²) >= 11 is 3.11. The van der Waals surface area contributed by atoms with Gasteiger partial charge in [0.15, 0.2) is 0 Å². The Morgan fingerprint density at radius 1 is 0.500 bits per heavy atom. The largest absolute Gasteiger partial charge is 0.192 e. The zero-order valence-corrected chi connectivity index (χ0v) is 16.1. The molecule has 0 atom stereocenters. The van der Waals surface area contributed by atoms with Crippen molar-refractivity contribution in [2.45, 2.75) is 0 Å². The van der Waals surface area contributed by atoms with Crippen molar-refractivity contribution < 1.29 is 0 Å². The van der Waals surface area contributed by atoms with Gasteiger partial charge in [0.1, 0.15) is 21.9 Å². The van der Waals surface area contributed by atoms with Crippen molar-refractivity contribution in [1.29, 1.82) is 10.5 Å². The first-order valence-corrected chi connectivity index (χ1v) is 10.4. The Morgan fingerprint density at radius 2 is 0.857 bits per heavy atom. The standard InChI is InChI=1S/C24H10N2S2/c25-11-15-9-13-1-3-19-17-5-8-22-20(18(17)6-7-21(19)23(13)27-15)4-2-14-10-16(12-26)28-24(14)22/h1-10H. The van der Waals surface area contributed by atoms with E-state index in [9.17, 15) is 10.5 Å². The second kappa shape index (κ2) is 5.53. The molecular weight excluding hydrogens is 380 g/mol. The van der Waals surface area contributed by atoms with Crippen LogP contribution in [0.25, 0.3) is 52.5 Å². The van der Waals surface area contributed by atoms with E-state index in [0.717, 1.165) is 20.5 Å². The molecule has 6 aromatic rings. The van der Waals surface area contributed by atoms with Gasteiger partial charge in [-0.05, 0) is 44.5 Å². The number of fused-ring (bicyclic) bond motifs is 9. The lowest BCUT2D eigenvalue weighted by Gasteiger charge is -2.09. The van der Waals surface area contributed by atoms with Gasteiger partial charge in [-0.3, -0.25) is 0 Å². The first-order chi connectivity index (χ1) is 13.8. The van der Waals surface area contributed by atoms with Crippen molar-refractivity contribution in [3.05, 3.63) is 70.4 Å². The van der Waals surface area contributed by atoms with Gasteiger partial charge in [-0.25, -0.2) is 0 Å². The van der Waals surface area contributed by atoms with Gasteiger partial charge in [-0.15, -0.1) is 22.7 Å². The lowest BCUT2D eigenvalue weighted by Crippen LogP contribution is -1.81. The topological polar surface area (TPSA) is 47.6 Å². The number of nitriles is 2. The molecule has 2 heterocycles. The zero-order valence-electron chi connectivity index (χ0n) is 14.5. The number of rotatable bonds is 0. The molecule has 0 amide bonds. The summed E-state index contributed by atoms with van der Waals surface area (Å²) in [5.41, 5.74) is 0. The molecule has 6 rings (SSSR count). The maximum atomic E-state index is 9.25. The van der Waals surface area contributed by atoms with E-state index in [1.54, 1.807) is 22.7 Å². The number of hydrogen-bond acceptors (Lipinski definition) is 4. The number of thiophene rings is 2. The van der Waals surface area contributed by atoms with E-state index in [1.807, 2.05) is 12.1 Å². The SMILES string of the molecule is N#Cc1cc2ccc3c4ccc5c(ccc6cc(C#N)sc65)c4ccc3c2s1. The monoisotopic (exact) mass is 390 g/mol. The third kappa shape index (κ3) is 1.99. The van der Waals surface area contributed by atoms with Crippen LogP contribution in [0.15, 0.2) is 60.7 Å². The summed E-state index contributed by atoms with van der Waals surface area (Å²) in [6, 6.07) is 25.7. The predicted octanol–water partition coefficient (Wildman–Crippen LogP) is 7.32. The predicted molar refractivity (Wildman–Crippen MR) is 119 cm³/mol. The van der Waals surface area contributed by atoms with Crippen LogP contribution in [0, 0.1) is 22.7 Å². The second-order valence-electron chi connectivity index (χ2n) is 6.83. The summed E-state index contributed by atoms with van der Waals surface area (Å²) in [5.74, 6) is 0. The van der Waals surface area contributed by atoms with Crippen LogP contribution in [0.4, 0.5) is 0 Å². The second-order valence-corrected chi connectivity index (χ2v) is 8.93. The highest BCUT2D eigenvalue weighted by Gasteiger charge is 2.12. The zero-order chi connectivity index (χ0) is 18.8. The summed E-state index contributed by atoms with van der Waals surface area (Å²) in [5, 5.41) is 28.0. The molecule has 0 saturated carbocycles. The Morgan fingerprint density at radius 3 is 1.29 bits per heavy atom. The highest BCUT2D eigenvalue weighted by atomic mass is 32.1. The van der Waals surface area contributed by atoms with E-state index in [-0.39, 0.29) is 0 Å². The quantitative estimate of drug-likeness (QED) is 0.255. The fraction of sp³-hybridized carbons (Fsp3) is 0. The van der Waals surface area contributed by atoms with Gasteiger partial charge in [0.2, 0.25) is 0 Å². The molecule has 0 fully saturated rings. The average Bonchev–Trinajstić information content (AvgIpc) is 3.36. The van der Waals surface area contributed by atoms with E-state index in [4.69, 9.17) is 0 Å². The third-order valence-corrected chi connectivity index (χ3v) is 7.55. The molecule has 0 N–H and O–H groups in total. The summed E-state index contributed by atoms with van der Waals surface area (Å²) in [6.07, 6.45) is 0. The minimum atomic E-state index is 0.745. The Balaban J connectivity index is 1.76. The molecule has 0 unspecified atom stereocenters. The van der Waals surface area contributed by atoms with Crippen LogP contribution in [-0.4, -0.2) is 0 Å². The highest BCUT2D eigenvalue weighted by molar-refractivity contribution is 7.21. The third-order valence-electron chi connectivity index (χ3n) is 5.37. The van der Waals surface area contributed by atoms with Crippen LogP contribution in [0.1, 0.15) is 9.75 Å². The lowest BCUT2D eigenvalue weighted by atomic mass is 9.96. The van der Waals surface area contributed by atoms with Crippen LogP contribution in [0.5, 0.6) is 0 Å². The smallest absolute Gasteiger partial charge is 0.110 e. The van der Waals surface area contributed by atoms with Crippen molar-refractivity contribution in [3.63, 3.8) is 0 Å². The van der Waals surface area contributed by atoms with E-state index >= 15 is 0 Å². The minimum absolute atomic E-state index is 0.745. The minimum Gasteiger partial charge on any atom is -0.192 e. The molecule has 0 aliphatic carbocycles. The maximum absolute atomic E-state index is 9.25. The molecule has 4 heteroatoms. The summed E-state index contributed by atoms with van der Waals surface area (Å²) < 4.78 is 2.34. The van der Waals surface area contributed by atoms with Crippen molar-refractivity contribution in [1.82, 2.24) is 0 Å². The van der Waals surface area contributed by atoms with E-state index in [1.165, 1.54) is 41.7 Å². The van der Waals surface area contributed by atoms with Crippen molar-refractivity contribution >= 4 is 75.2 Å². The molecule has 0 saturated heterocycles. The molecule has 0 spiro atoms. The van der Waals surface area contributed by atoms with Gasteiger partial charge < -0.3 is 0 Å². The van der Waals surface area contributed by atoms with E-state index in [0.29, 0.717) is 0 Å². The molecule has 2 aromatic heterocycles. The fourth-order valence-corrected chi connectivity index (χ4v) is 6.11. The van der Waals surface area contributed by atoms with Crippen LogP contribution < -0.4 is 0 Å². The van der Waals surface area contributed by atoms with Gasteiger partial charge in [-0.1, -0.05) is 48.5 Å². The highest BCUT2D eigenvalue weighted by Crippen LogP contribution is 2.40. The van der Waals surface area contributed by atoms with Crippen LogP contribution >= 0.6 is 22.7 Å². The van der Waals surface area contributed by atoms with Gasteiger partial charge >= 0.3 is 0 Å². The van der Waals surface area contributed by atoms with Gasteiger partial charge in [-0.2, -0.15) is 10.5 Å². The molecular formula is C24H10N2S2. The van der Waals surface area contributed by atoms with Crippen molar-refractivity contribution in [2.24, 2.45) is 0 Å². The Hall–Kier alpha value is -3.44. The fourth-order valence-electron chi connectivity index (χ4n) is 4.14. The Bertz CT molecular complexity index is 1560. The molecule has 0 bridgehead atoms. The van der Waals surface area contributed by atoms with Crippen LogP contribution in [-0.2, 0) is 0 Å². The molecule has 4 aromatic carbocycles. The molecule has 28 heavy (non-hydrogen) atoms. The van der Waals surface area contributed by atoms with Gasteiger partial charge in [0.05, 0.1) is 0 Å². The first-order valence-electron chi connectivity index (χ1n) is 8.81. The number of benzene rings is 4. The molecule has 0 radical (unpaired) electrons. The summed E-state index contributed by atoms with van der Waals surface area (Å²) in [6.45, 7) is 0. The summed E-state index contributed by atoms with van der Waals surface area (Å²) in [7, 11) is 0. The molecule has 0 aliphatic heterocycles. The van der Waals surface area contributed by atoms with E-state index in [2.05, 4.69) is 60.7 Å². The number of hydrogen-bond donors (Lipinski definition) is 0. The van der Waals surface area contributed by atoms with Gasteiger partial charge in [0, 0.05) is 20.2 Å². The Labute approximate surface area is 168 Å². The van der Waals surface area contributed by atoms with Crippen molar-refractivity contribution in [2.75, 3.05) is 0 Å².